The van der Waals surface area contributed by atoms with E-state index < -0.39 is 0 Å². The highest BCUT2D eigenvalue weighted by Gasteiger charge is 2.40. The van der Waals surface area contributed by atoms with Gasteiger partial charge in [0.2, 0.25) is 0 Å². The Hall–Kier alpha value is -3.23. The number of anilines is 1. The molecule has 2 aromatic rings. The number of allylic oxidation sites excluding steroid dienone is 1. The lowest BCUT2D eigenvalue weighted by molar-refractivity contribution is 0.0602. The van der Waals surface area contributed by atoms with Gasteiger partial charge in [-0.25, -0.2) is 4.79 Å². The number of fused-ring (bicyclic) bond motifs is 1. The normalized spacial score (nSPS) is 19.6. The molecule has 1 aliphatic carbocycles. The number of nitrogens with one attached hydrogen (secondary N) is 2. The third-order valence-corrected chi connectivity index (χ3v) is 4.01. The molecule has 1 fully saturated rings. The maximum atomic E-state index is 11.8. The molecule has 0 aromatic heterocycles. The van der Waals surface area contributed by atoms with Crippen LogP contribution in [0.4, 0.5) is 5.69 Å². The molecule has 0 radical (unpaired) electrons. The molecule has 0 saturated carbocycles. The minimum Gasteiger partial charge on any atom is -0.465 e. The molecule has 25 heavy (non-hydrogen) atoms. The summed E-state index contributed by atoms with van der Waals surface area (Å²) in [5.74, 6) is -0.384. The van der Waals surface area contributed by atoms with Gasteiger partial charge in [0.25, 0.3) is 0 Å². The number of carbonyl (C=O) groups excluding carboxylic acids is 1. The average Bonchev–Trinajstić information content (AvgIpc) is 3.38. The summed E-state index contributed by atoms with van der Waals surface area (Å²) in [5, 5.41) is 8.56. The number of esters is 1. The van der Waals surface area contributed by atoms with Gasteiger partial charge in [0.15, 0.2) is 12.5 Å². The van der Waals surface area contributed by atoms with Crippen molar-refractivity contribution in [2.45, 2.75) is 12.5 Å². The molecule has 2 aliphatic rings. The summed E-state index contributed by atoms with van der Waals surface area (Å²) < 4.78 is 10.4. The molecule has 2 atom stereocenters. The molecule has 1 heterocycles. The third kappa shape index (κ3) is 3.21. The van der Waals surface area contributed by atoms with E-state index in [1.807, 2.05) is 42.5 Å². The van der Waals surface area contributed by atoms with Gasteiger partial charge in [-0.15, -0.1) is 0 Å². The predicted molar refractivity (Wildman–Crippen MR) is 93.8 cm³/mol. The van der Waals surface area contributed by atoms with Crippen LogP contribution in [-0.2, 0) is 9.47 Å². The number of epoxide rings is 1. The maximum Gasteiger partial charge on any atom is 0.339 e. The van der Waals surface area contributed by atoms with Crippen molar-refractivity contribution in [3.8, 4) is 0 Å². The molecule has 5 nitrogen and oxygen atoms in total. The number of para-hydroxylation sites is 1. The van der Waals surface area contributed by atoms with E-state index in [-0.39, 0.29) is 18.4 Å². The van der Waals surface area contributed by atoms with Gasteiger partial charge in [-0.1, -0.05) is 36.1 Å². The van der Waals surface area contributed by atoms with Gasteiger partial charge in [-0.3, -0.25) is 0 Å². The van der Waals surface area contributed by atoms with Crippen LogP contribution < -0.4 is 21.1 Å². The Bertz CT molecular complexity index is 1030. The molecule has 4 rings (SSSR count). The number of hydrogen-bond acceptors (Lipinski definition) is 5. The van der Waals surface area contributed by atoms with E-state index >= 15 is 0 Å². The van der Waals surface area contributed by atoms with Crippen LogP contribution in [0, 0.1) is 0 Å². The van der Waals surface area contributed by atoms with Crippen molar-refractivity contribution in [1.82, 2.24) is 5.32 Å². The molecule has 2 unspecified atom stereocenters. The number of hydrogen-bond donors (Lipinski definition) is 2. The third-order valence-electron chi connectivity index (χ3n) is 4.01. The fourth-order valence-electron chi connectivity index (χ4n) is 2.68. The second-order valence-electron chi connectivity index (χ2n) is 5.70. The highest BCUT2D eigenvalue weighted by molar-refractivity contribution is 5.95. The van der Waals surface area contributed by atoms with Crippen LogP contribution in [0.5, 0.6) is 0 Å². The molecule has 1 saturated heterocycles. The molecule has 0 bridgehead atoms. The van der Waals surface area contributed by atoms with Gasteiger partial charge in [0.1, 0.15) is 0 Å². The molecule has 2 aromatic carbocycles. The topological polar surface area (TPSA) is 62.9 Å². The minimum absolute atomic E-state index is 0.198. The Balaban J connectivity index is 1.46. The molecule has 0 spiro atoms. The van der Waals surface area contributed by atoms with Gasteiger partial charge in [0, 0.05) is 5.22 Å². The van der Waals surface area contributed by atoms with Crippen LogP contribution >= 0.6 is 0 Å². The van der Waals surface area contributed by atoms with Crippen molar-refractivity contribution in [3.63, 3.8) is 0 Å². The molecule has 1 aliphatic heterocycles. The second kappa shape index (κ2) is 6.34. The summed E-state index contributed by atoms with van der Waals surface area (Å²) >= 11 is 0. The summed E-state index contributed by atoms with van der Waals surface area (Å²) in [4.78, 5) is 11.8. The van der Waals surface area contributed by atoms with Crippen LogP contribution in [0.25, 0.3) is 11.8 Å². The number of rotatable bonds is 5. The number of carbonyl (C=O) groups is 1. The average molecular weight is 332 g/mol. The molecular weight excluding hydrogens is 316 g/mol. The highest BCUT2D eigenvalue weighted by Crippen LogP contribution is 2.25. The zero-order valence-electron chi connectivity index (χ0n) is 13.6. The first-order valence-corrected chi connectivity index (χ1v) is 7.93. The fourth-order valence-corrected chi connectivity index (χ4v) is 2.68. The summed E-state index contributed by atoms with van der Waals surface area (Å²) in [7, 11) is 1.36. The zero-order chi connectivity index (χ0) is 17.2. The van der Waals surface area contributed by atoms with E-state index in [1.54, 1.807) is 12.1 Å². The Morgan fingerprint density at radius 3 is 2.68 bits per heavy atom. The van der Waals surface area contributed by atoms with Crippen molar-refractivity contribution in [3.05, 3.63) is 76.0 Å². The lowest BCUT2D eigenvalue weighted by Crippen LogP contribution is -2.28. The number of benzene rings is 2. The molecular formula is C20H16N2O3. The van der Waals surface area contributed by atoms with Crippen molar-refractivity contribution in [2.75, 3.05) is 12.4 Å². The number of methoxy groups -OCH3 is 1. The number of ether oxygens (including phenoxy) is 2. The standard InChI is InChI=1S/C20H16N2O3/c1-24-20(23)16-8-4-5-9-17(16)22-19-18(25-19)21-15-11-10-13-6-2-3-7-14(13)12-15/h2-9,12,18-19,21-22H,1H3. The summed E-state index contributed by atoms with van der Waals surface area (Å²) in [6.07, 6.45) is 1.58. The molecule has 2 N–H and O–H groups in total. The van der Waals surface area contributed by atoms with Gasteiger partial charge < -0.3 is 20.1 Å². The Morgan fingerprint density at radius 1 is 1.04 bits per heavy atom. The highest BCUT2D eigenvalue weighted by atomic mass is 16.6. The van der Waals surface area contributed by atoms with Gasteiger partial charge in [-0.05, 0) is 35.2 Å². The Labute approximate surface area is 144 Å². The van der Waals surface area contributed by atoms with Crippen LogP contribution in [0.1, 0.15) is 10.4 Å². The SMILES string of the molecule is COC(=O)c1ccccc1NC1OC1NC1=C=C=c2ccccc2=C1. The van der Waals surface area contributed by atoms with E-state index in [1.165, 1.54) is 7.11 Å². The van der Waals surface area contributed by atoms with Crippen LogP contribution in [0.15, 0.2) is 60.0 Å². The van der Waals surface area contributed by atoms with Crippen molar-refractivity contribution >= 4 is 23.5 Å². The van der Waals surface area contributed by atoms with E-state index in [0.29, 0.717) is 11.3 Å². The lowest BCUT2D eigenvalue weighted by atomic mass is 10.2. The molecule has 124 valence electrons. The molecule has 0 amide bonds. The first-order chi connectivity index (χ1) is 12.2. The van der Waals surface area contributed by atoms with Crippen LogP contribution in [-0.4, -0.2) is 25.5 Å². The first-order valence-electron chi connectivity index (χ1n) is 7.93. The van der Waals surface area contributed by atoms with E-state index in [9.17, 15) is 4.79 Å². The predicted octanol–water partition coefficient (Wildman–Crippen LogP) is 1.07. The smallest absolute Gasteiger partial charge is 0.339 e. The van der Waals surface area contributed by atoms with Gasteiger partial charge >= 0.3 is 5.97 Å². The quantitative estimate of drug-likeness (QED) is 0.487. The van der Waals surface area contributed by atoms with E-state index in [0.717, 1.165) is 16.1 Å². The monoisotopic (exact) mass is 332 g/mol. The van der Waals surface area contributed by atoms with Gasteiger partial charge in [-0.2, -0.15) is 0 Å². The van der Waals surface area contributed by atoms with Crippen molar-refractivity contribution in [1.29, 1.82) is 0 Å². The van der Waals surface area contributed by atoms with Crippen molar-refractivity contribution in [2.24, 2.45) is 0 Å². The van der Waals surface area contributed by atoms with E-state index in [2.05, 4.69) is 22.1 Å². The first kappa shape index (κ1) is 15.3. The maximum absolute atomic E-state index is 11.8. The lowest BCUT2D eigenvalue weighted by Gasteiger charge is -2.09. The van der Waals surface area contributed by atoms with Gasteiger partial charge in [0.05, 0.1) is 24.1 Å². The summed E-state index contributed by atoms with van der Waals surface area (Å²) in [6, 6.07) is 15.2. The van der Waals surface area contributed by atoms with Crippen LogP contribution in [0.3, 0.4) is 0 Å². The Morgan fingerprint density at radius 2 is 1.80 bits per heavy atom. The zero-order valence-corrected chi connectivity index (χ0v) is 13.6. The molecule has 5 heteroatoms. The van der Waals surface area contributed by atoms with E-state index in [4.69, 9.17) is 9.47 Å². The Kier molecular flexibility index (Phi) is 3.88. The minimum atomic E-state index is -0.384. The summed E-state index contributed by atoms with van der Waals surface area (Å²) in [6.45, 7) is 0. The van der Waals surface area contributed by atoms with Crippen molar-refractivity contribution < 1.29 is 14.3 Å². The second-order valence-corrected chi connectivity index (χ2v) is 5.70. The largest absolute Gasteiger partial charge is 0.465 e. The fraction of sp³-hybridized carbons (Fsp3) is 0.150. The van der Waals surface area contributed by atoms with Crippen LogP contribution in [0.2, 0.25) is 0 Å². The summed E-state index contributed by atoms with van der Waals surface area (Å²) in [5.41, 5.74) is 8.18.